The van der Waals surface area contributed by atoms with Gasteiger partial charge in [-0.25, -0.2) is 15.0 Å². The van der Waals surface area contributed by atoms with Gasteiger partial charge >= 0.3 is 0 Å². The first-order chi connectivity index (χ1) is 12.7. The van der Waals surface area contributed by atoms with Gasteiger partial charge in [-0.3, -0.25) is 9.78 Å². The molecule has 4 aromatic rings. The Morgan fingerprint density at radius 2 is 2.00 bits per heavy atom. The smallest absolute Gasteiger partial charge is 0.256 e. The van der Waals surface area contributed by atoms with Crippen LogP contribution in [0.2, 0.25) is 0 Å². The van der Waals surface area contributed by atoms with Crippen molar-refractivity contribution in [2.24, 2.45) is 0 Å². The first kappa shape index (κ1) is 15.7. The Bertz CT molecular complexity index is 1060. The van der Waals surface area contributed by atoms with Crippen molar-refractivity contribution in [1.29, 1.82) is 0 Å². The summed E-state index contributed by atoms with van der Waals surface area (Å²) in [5.74, 6) is 1.36. The van der Waals surface area contributed by atoms with E-state index in [1.165, 1.54) is 6.33 Å². The molecule has 3 heterocycles. The fourth-order valence-electron chi connectivity index (χ4n) is 2.48. The highest BCUT2D eigenvalue weighted by Gasteiger charge is 2.14. The van der Waals surface area contributed by atoms with Crippen LogP contribution in [0.25, 0.3) is 22.6 Å². The second kappa shape index (κ2) is 6.60. The van der Waals surface area contributed by atoms with Gasteiger partial charge in [0, 0.05) is 23.5 Å². The second-order valence-electron chi connectivity index (χ2n) is 5.43. The molecule has 0 atom stereocenters. The number of carbonyl (C=O) groups is 1. The van der Waals surface area contributed by atoms with Gasteiger partial charge in [0.1, 0.15) is 23.4 Å². The van der Waals surface area contributed by atoms with Crippen molar-refractivity contribution in [3.63, 3.8) is 0 Å². The van der Waals surface area contributed by atoms with Crippen LogP contribution < -0.4 is 10.1 Å². The number of nitrogens with zero attached hydrogens (tertiary/aromatic N) is 4. The van der Waals surface area contributed by atoms with Crippen molar-refractivity contribution in [2.75, 3.05) is 12.4 Å². The lowest BCUT2D eigenvalue weighted by Gasteiger charge is -2.05. The van der Waals surface area contributed by atoms with Crippen LogP contribution in [0.15, 0.2) is 55.1 Å². The number of fused-ring (bicyclic) bond motifs is 1. The van der Waals surface area contributed by atoms with Gasteiger partial charge in [-0.15, -0.1) is 0 Å². The average Bonchev–Trinajstić information content (AvgIpc) is 3.14. The highest BCUT2D eigenvalue weighted by molar-refractivity contribution is 6.06. The largest absolute Gasteiger partial charge is 0.497 e. The number of hydrogen-bond donors (Lipinski definition) is 2. The zero-order valence-corrected chi connectivity index (χ0v) is 13.8. The van der Waals surface area contributed by atoms with Crippen molar-refractivity contribution >= 4 is 22.9 Å². The molecule has 0 aliphatic heterocycles. The maximum Gasteiger partial charge on any atom is 0.256 e. The summed E-state index contributed by atoms with van der Waals surface area (Å²) in [6, 6.07) is 10.5. The number of benzene rings is 1. The van der Waals surface area contributed by atoms with E-state index in [1.807, 2.05) is 12.1 Å². The molecule has 0 fully saturated rings. The number of carbonyl (C=O) groups excluding carboxylic acids is 1. The number of amides is 1. The summed E-state index contributed by atoms with van der Waals surface area (Å²) in [4.78, 5) is 32.4. The Hall–Kier alpha value is -3.81. The van der Waals surface area contributed by atoms with Crippen molar-refractivity contribution in [1.82, 2.24) is 24.9 Å². The Morgan fingerprint density at radius 3 is 2.73 bits per heavy atom. The van der Waals surface area contributed by atoms with Crippen LogP contribution in [0.3, 0.4) is 0 Å². The lowest BCUT2D eigenvalue weighted by atomic mass is 10.2. The lowest BCUT2D eigenvalue weighted by molar-refractivity contribution is 0.102. The third kappa shape index (κ3) is 2.95. The van der Waals surface area contributed by atoms with Crippen molar-refractivity contribution < 1.29 is 9.53 Å². The zero-order valence-electron chi connectivity index (χ0n) is 13.8. The molecular formula is C18H14N6O2. The summed E-state index contributed by atoms with van der Waals surface area (Å²) < 4.78 is 5.10. The summed E-state index contributed by atoms with van der Waals surface area (Å²) in [6.07, 6.45) is 4.74. The number of anilines is 1. The van der Waals surface area contributed by atoms with E-state index >= 15 is 0 Å². The molecule has 4 rings (SSSR count). The molecule has 26 heavy (non-hydrogen) atoms. The second-order valence-corrected chi connectivity index (χ2v) is 5.43. The Balaban J connectivity index is 1.65. The van der Waals surface area contributed by atoms with Crippen molar-refractivity contribution in [2.45, 2.75) is 0 Å². The fraction of sp³-hybridized carbons (Fsp3) is 0.0556. The number of rotatable bonds is 4. The first-order valence-corrected chi connectivity index (χ1v) is 7.81. The van der Waals surface area contributed by atoms with E-state index < -0.39 is 0 Å². The van der Waals surface area contributed by atoms with Crippen molar-refractivity contribution in [3.8, 4) is 17.1 Å². The Kier molecular flexibility index (Phi) is 3.98. The van der Waals surface area contributed by atoms with Crippen LogP contribution in [0.5, 0.6) is 5.75 Å². The molecule has 0 radical (unpaired) electrons. The number of H-pyrrole nitrogens is 1. The number of methoxy groups -OCH3 is 1. The third-order valence-electron chi connectivity index (χ3n) is 3.81. The van der Waals surface area contributed by atoms with Gasteiger partial charge in [0.15, 0.2) is 11.5 Å². The predicted molar refractivity (Wildman–Crippen MR) is 95.9 cm³/mol. The number of aromatic nitrogens is 5. The van der Waals surface area contributed by atoms with E-state index in [0.29, 0.717) is 34.1 Å². The number of aromatic amines is 1. The normalized spacial score (nSPS) is 10.7. The van der Waals surface area contributed by atoms with Gasteiger partial charge in [-0.05, 0) is 36.4 Å². The number of hydrogen-bond acceptors (Lipinski definition) is 6. The third-order valence-corrected chi connectivity index (χ3v) is 3.81. The van der Waals surface area contributed by atoms with E-state index in [2.05, 4.69) is 30.2 Å². The minimum absolute atomic E-state index is 0.287. The molecular weight excluding hydrogens is 332 g/mol. The van der Waals surface area contributed by atoms with E-state index in [9.17, 15) is 4.79 Å². The van der Waals surface area contributed by atoms with Crippen LogP contribution in [0, 0.1) is 0 Å². The molecule has 3 aromatic heterocycles. The number of nitrogens with one attached hydrogen (secondary N) is 2. The molecule has 0 saturated heterocycles. The maximum atomic E-state index is 12.5. The highest BCUT2D eigenvalue weighted by Crippen LogP contribution is 2.23. The predicted octanol–water partition coefficient (Wildman–Crippen LogP) is 2.68. The SMILES string of the molecule is COc1ccc(C(=O)Nc2ncnc3nc(-c4cccnc4)[nH]c23)cc1. The van der Waals surface area contributed by atoms with Gasteiger partial charge in [0.2, 0.25) is 0 Å². The van der Waals surface area contributed by atoms with Gasteiger partial charge in [0.25, 0.3) is 5.91 Å². The molecule has 0 spiro atoms. The van der Waals surface area contributed by atoms with Gasteiger partial charge in [-0.1, -0.05) is 0 Å². The standard InChI is InChI=1S/C18H14N6O2/c1-26-13-6-4-11(5-7-13)18(25)24-17-14-16(20-10-21-17)23-15(22-14)12-3-2-8-19-9-12/h2-10H,1H3,(H2,20,21,22,23,24,25). The quantitative estimate of drug-likeness (QED) is 0.588. The Labute approximate surface area is 148 Å². The Morgan fingerprint density at radius 1 is 1.15 bits per heavy atom. The summed E-state index contributed by atoms with van der Waals surface area (Å²) in [6.45, 7) is 0. The van der Waals surface area contributed by atoms with Gasteiger partial charge in [-0.2, -0.15) is 0 Å². The van der Waals surface area contributed by atoms with Crippen LogP contribution in [-0.2, 0) is 0 Å². The number of pyridine rings is 1. The summed E-state index contributed by atoms with van der Waals surface area (Å²) in [5, 5.41) is 2.79. The molecule has 1 aromatic carbocycles. The van der Waals surface area contributed by atoms with E-state index in [0.717, 1.165) is 5.56 Å². The maximum absolute atomic E-state index is 12.5. The molecule has 8 heteroatoms. The zero-order chi connectivity index (χ0) is 17.9. The summed E-state index contributed by atoms with van der Waals surface area (Å²) >= 11 is 0. The van der Waals surface area contributed by atoms with Crippen LogP contribution in [0.1, 0.15) is 10.4 Å². The molecule has 0 saturated carbocycles. The molecule has 0 aliphatic rings. The first-order valence-electron chi connectivity index (χ1n) is 7.81. The molecule has 2 N–H and O–H groups in total. The van der Waals surface area contributed by atoms with Crippen LogP contribution in [0.4, 0.5) is 5.82 Å². The van der Waals surface area contributed by atoms with Crippen LogP contribution >= 0.6 is 0 Å². The molecule has 128 valence electrons. The summed E-state index contributed by atoms with van der Waals surface area (Å²) in [5.41, 5.74) is 2.32. The molecule has 0 aliphatic carbocycles. The fourth-order valence-corrected chi connectivity index (χ4v) is 2.48. The topological polar surface area (TPSA) is 106 Å². The lowest BCUT2D eigenvalue weighted by Crippen LogP contribution is -2.13. The molecule has 1 amide bonds. The molecule has 0 unspecified atom stereocenters. The average molecular weight is 346 g/mol. The highest BCUT2D eigenvalue weighted by atomic mass is 16.5. The minimum atomic E-state index is -0.287. The number of imidazole rings is 1. The van der Waals surface area contributed by atoms with E-state index in [1.54, 1.807) is 43.8 Å². The molecule has 8 nitrogen and oxygen atoms in total. The van der Waals surface area contributed by atoms with Crippen molar-refractivity contribution in [3.05, 3.63) is 60.7 Å². The van der Waals surface area contributed by atoms with Gasteiger partial charge < -0.3 is 15.0 Å². The van der Waals surface area contributed by atoms with Crippen LogP contribution in [-0.4, -0.2) is 37.9 Å². The summed E-state index contributed by atoms with van der Waals surface area (Å²) in [7, 11) is 1.57. The minimum Gasteiger partial charge on any atom is -0.497 e. The van der Waals surface area contributed by atoms with E-state index in [-0.39, 0.29) is 5.91 Å². The number of ether oxygens (including phenoxy) is 1. The van der Waals surface area contributed by atoms with E-state index in [4.69, 9.17) is 4.74 Å². The van der Waals surface area contributed by atoms with Gasteiger partial charge in [0.05, 0.1) is 7.11 Å². The molecule has 0 bridgehead atoms. The monoisotopic (exact) mass is 346 g/mol.